The molecule has 1 atom stereocenters. The zero-order valence-corrected chi connectivity index (χ0v) is 9.16. The topological polar surface area (TPSA) is 46.5 Å². The maximum Gasteiger partial charge on any atom is 0.333 e. The van der Waals surface area contributed by atoms with Crippen molar-refractivity contribution in [3.05, 3.63) is 41.7 Å². The Kier molecular flexibility index (Phi) is 3.66. The summed E-state index contributed by atoms with van der Waals surface area (Å²) in [6, 6.07) is 3.84. The monoisotopic (exact) mass is 224 g/mol. The summed E-state index contributed by atoms with van der Waals surface area (Å²) >= 11 is 0. The van der Waals surface area contributed by atoms with E-state index in [1.54, 1.807) is 6.92 Å². The van der Waals surface area contributed by atoms with Crippen LogP contribution in [0.1, 0.15) is 25.5 Å². The molecule has 1 N–H and O–H groups in total. The van der Waals surface area contributed by atoms with Gasteiger partial charge in [-0.3, -0.25) is 0 Å². The molecule has 0 saturated heterocycles. The van der Waals surface area contributed by atoms with Gasteiger partial charge < -0.3 is 9.84 Å². The molecule has 0 saturated carbocycles. The second-order valence-corrected chi connectivity index (χ2v) is 3.54. The molecule has 0 bridgehead atoms. The summed E-state index contributed by atoms with van der Waals surface area (Å²) in [4.78, 5) is 11.2. The average molecular weight is 224 g/mol. The Labute approximate surface area is 93.2 Å². The molecule has 0 aliphatic rings. The third-order valence-electron chi connectivity index (χ3n) is 2.07. The Morgan fingerprint density at radius 2 is 2.19 bits per heavy atom. The second-order valence-electron chi connectivity index (χ2n) is 3.54. The van der Waals surface area contributed by atoms with E-state index in [2.05, 4.69) is 6.58 Å². The molecular formula is C12H13FO3. The van der Waals surface area contributed by atoms with Crippen LogP contribution in [0.5, 0.6) is 5.75 Å². The van der Waals surface area contributed by atoms with Gasteiger partial charge in [-0.1, -0.05) is 12.6 Å². The lowest BCUT2D eigenvalue weighted by molar-refractivity contribution is -0.143. The largest absolute Gasteiger partial charge is 0.505 e. The highest BCUT2D eigenvalue weighted by Gasteiger charge is 2.13. The van der Waals surface area contributed by atoms with E-state index >= 15 is 0 Å². The highest BCUT2D eigenvalue weighted by atomic mass is 19.1. The maximum atomic E-state index is 13.0. The zero-order chi connectivity index (χ0) is 12.3. The van der Waals surface area contributed by atoms with Crippen LogP contribution in [0.15, 0.2) is 30.4 Å². The molecule has 0 radical (unpaired) electrons. The molecule has 1 unspecified atom stereocenters. The van der Waals surface area contributed by atoms with Gasteiger partial charge in [0.15, 0.2) is 11.6 Å². The summed E-state index contributed by atoms with van der Waals surface area (Å²) in [7, 11) is 0. The Morgan fingerprint density at radius 3 is 2.69 bits per heavy atom. The van der Waals surface area contributed by atoms with Gasteiger partial charge in [0, 0.05) is 5.57 Å². The molecule has 1 rings (SSSR count). The van der Waals surface area contributed by atoms with E-state index in [0.717, 1.165) is 6.07 Å². The molecule has 4 heteroatoms. The van der Waals surface area contributed by atoms with Gasteiger partial charge in [-0.2, -0.15) is 0 Å². The number of carbonyl (C=O) groups excluding carboxylic acids is 1. The average Bonchev–Trinajstić information content (AvgIpc) is 2.21. The van der Waals surface area contributed by atoms with E-state index in [4.69, 9.17) is 9.84 Å². The molecule has 0 heterocycles. The highest BCUT2D eigenvalue weighted by Crippen LogP contribution is 2.23. The van der Waals surface area contributed by atoms with Crippen molar-refractivity contribution in [1.29, 1.82) is 0 Å². The third-order valence-corrected chi connectivity index (χ3v) is 2.07. The molecule has 16 heavy (non-hydrogen) atoms. The van der Waals surface area contributed by atoms with Crippen LogP contribution in [0, 0.1) is 5.82 Å². The van der Waals surface area contributed by atoms with Crippen LogP contribution in [-0.4, -0.2) is 11.1 Å². The van der Waals surface area contributed by atoms with Crippen LogP contribution < -0.4 is 0 Å². The first-order valence-corrected chi connectivity index (χ1v) is 4.76. The minimum absolute atomic E-state index is 0.283. The van der Waals surface area contributed by atoms with E-state index < -0.39 is 23.6 Å². The van der Waals surface area contributed by atoms with Crippen molar-refractivity contribution < 1.29 is 19.0 Å². The molecule has 0 spiro atoms. The summed E-state index contributed by atoms with van der Waals surface area (Å²) in [5, 5.41) is 9.00. The van der Waals surface area contributed by atoms with E-state index in [0.29, 0.717) is 5.56 Å². The van der Waals surface area contributed by atoms with Gasteiger partial charge in [-0.05, 0) is 31.5 Å². The summed E-state index contributed by atoms with van der Waals surface area (Å²) in [5.74, 6) is -1.70. The van der Waals surface area contributed by atoms with Gasteiger partial charge in [0.2, 0.25) is 0 Å². The van der Waals surface area contributed by atoms with Crippen LogP contribution >= 0.6 is 0 Å². The number of ether oxygens (including phenoxy) is 1. The van der Waals surface area contributed by atoms with Gasteiger partial charge in [0.05, 0.1) is 0 Å². The van der Waals surface area contributed by atoms with Crippen molar-refractivity contribution in [3.63, 3.8) is 0 Å². The first-order chi connectivity index (χ1) is 7.41. The Balaban J connectivity index is 2.81. The fourth-order valence-electron chi connectivity index (χ4n) is 1.11. The molecule has 1 aromatic carbocycles. The van der Waals surface area contributed by atoms with Gasteiger partial charge in [-0.25, -0.2) is 9.18 Å². The fourth-order valence-corrected chi connectivity index (χ4v) is 1.11. The predicted molar refractivity (Wildman–Crippen MR) is 57.4 cm³/mol. The number of phenolic OH excluding ortho intramolecular Hbond substituents is 1. The van der Waals surface area contributed by atoms with Gasteiger partial charge in [-0.15, -0.1) is 0 Å². The number of aromatic hydroxyl groups is 1. The quantitative estimate of drug-likeness (QED) is 0.634. The summed E-state index contributed by atoms with van der Waals surface area (Å²) in [6.07, 6.45) is -0.584. The van der Waals surface area contributed by atoms with Gasteiger partial charge >= 0.3 is 5.97 Å². The number of halogens is 1. The lowest BCUT2D eigenvalue weighted by Crippen LogP contribution is -2.09. The molecule has 3 nitrogen and oxygen atoms in total. The summed E-state index contributed by atoms with van der Waals surface area (Å²) < 4.78 is 18.0. The van der Waals surface area contributed by atoms with E-state index in [-0.39, 0.29) is 5.57 Å². The number of benzene rings is 1. The van der Waals surface area contributed by atoms with Crippen LogP contribution in [0.4, 0.5) is 4.39 Å². The lowest BCUT2D eigenvalue weighted by atomic mass is 10.1. The molecule has 0 aromatic heterocycles. The van der Waals surface area contributed by atoms with Crippen molar-refractivity contribution in [3.8, 4) is 5.75 Å². The number of phenols is 1. The summed E-state index contributed by atoms with van der Waals surface area (Å²) in [5.41, 5.74) is 0.760. The van der Waals surface area contributed by atoms with Crippen LogP contribution in [0.3, 0.4) is 0 Å². The molecule has 1 aromatic rings. The first kappa shape index (κ1) is 12.2. The molecule has 0 amide bonds. The number of rotatable bonds is 3. The number of hydrogen-bond donors (Lipinski definition) is 1. The summed E-state index contributed by atoms with van der Waals surface area (Å²) in [6.45, 7) is 6.60. The molecule has 0 fully saturated rings. The second kappa shape index (κ2) is 4.79. The number of hydrogen-bond acceptors (Lipinski definition) is 3. The van der Waals surface area contributed by atoms with E-state index in [1.807, 2.05) is 0 Å². The maximum absolute atomic E-state index is 13.0. The van der Waals surface area contributed by atoms with Crippen molar-refractivity contribution in [2.45, 2.75) is 20.0 Å². The Bertz CT molecular complexity index is 426. The SMILES string of the molecule is C=C(C)C(=O)OC(C)c1ccc(O)c(F)c1. The van der Waals surface area contributed by atoms with Crippen molar-refractivity contribution >= 4 is 5.97 Å². The lowest BCUT2D eigenvalue weighted by Gasteiger charge is -2.13. The minimum atomic E-state index is -0.740. The standard InChI is InChI=1S/C12H13FO3/c1-7(2)12(15)16-8(3)9-4-5-11(14)10(13)6-9/h4-6,8,14H,1H2,2-3H3. The van der Waals surface area contributed by atoms with Gasteiger partial charge in [0.25, 0.3) is 0 Å². The molecular weight excluding hydrogens is 211 g/mol. The predicted octanol–water partition coefficient (Wildman–Crippen LogP) is 2.71. The highest BCUT2D eigenvalue weighted by molar-refractivity contribution is 5.87. The molecule has 0 aliphatic carbocycles. The van der Waals surface area contributed by atoms with Crippen molar-refractivity contribution in [1.82, 2.24) is 0 Å². The van der Waals surface area contributed by atoms with Crippen molar-refractivity contribution in [2.75, 3.05) is 0 Å². The van der Waals surface area contributed by atoms with Gasteiger partial charge in [0.1, 0.15) is 6.10 Å². The Hall–Kier alpha value is -1.84. The number of carbonyl (C=O) groups is 1. The third kappa shape index (κ3) is 2.82. The Morgan fingerprint density at radius 1 is 1.56 bits per heavy atom. The van der Waals surface area contributed by atoms with E-state index in [9.17, 15) is 9.18 Å². The first-order valence-electron chi connectivity index (χ1n) is 4.76. The van der Waals surface area contributed by atoms with Crippen molar-refractivity contribution in [2.24, 2.45) is 0 Å². The molecule has 86 valence electrons. The molecule has 0 aliphatic heterocycles. The van der Waals surface area contributed by atoms with Crippen LogP contribution in [0.2, 0.25) is 0 Å². The zero-order valence-electron chi connectivity index (χ0n) is 9.16. The minimum Gasteiger partial charge on any atom is -0.505 e. The van der Waals surface area contributed by atoms with Crippen LogP contribution in [0.25, 0.3) is 0 Å². The fraction of sp³-hybridized carbons (Fsp3) is 0.250. The normalized spacial score (nSPS) is 11.9. The number of esters is 1. The smallest absolute Gasteiger partial charge is 0.333 e. The van der Waals surface area contributed by atoms with E-state index in [1.165, 1.54) is 19.1 Å². The van der Waals surface area contributed by atoms with Crippen LogP contribution in [-0.2, 0) is 9.53 Å².